The van der Waals surface area contributed by atoms with Crippen molar-refractivity contribution in [2.45, 2.75) is 38.0 Å². The van der Waals surface area contributed by atoms with Crippen LogP contribution in [0.5, 0.6) is 0 Å². The topological polar surface area (TPSA) is 60.7 Å². The predicted molar refractivity (Wildman–Crippen MR) is 160 cm³/mol. The number of ketones is 1. The number of aromatic nitrogens is 1. The predicted octanol–water partition coefficient (Wildman–Crippen LogP) is 8.28. The summed E-state index contributed by atoms with van der Waals surface area (Å²) in [6.45, 7) is 5.98. The number of nitrogens with zero attached hydrogens (tertiary/aromatic N) is 2. The van der Waals surface area contributed by atoms with Gasteiger partial charge in [0.25, 0.3) is 0 Å². The summed E-state index contributed by atoms with van der Waals surface area (Å²) in [6.07, 6.45) is 0. The molecule has 0 unspecified atom stereocenters. The van der Waals surface area contributed by atoms with Crippen LogP contribution in [0.25, 0.3) is 21.8 Å². The van der Waals surface area contributed by atoms with E-state index in [1.54, 1.807) is 18.7 Å². The molecule has 7 heteroatoms. The van der Waals surface area contributed by atoms with E-state index in [1.165, 1.54) is 12.5 Å². The molecule has 0 fully saturated rings. The average Bonchev–Trinajstić information content (AvgIpc) is 3.27. The number of rotatable bonds is 8. The number of carbonyl (C=O) groups excluding carboxylic acids is 2. The lowest BCUT2D eigenvalue weighted by molar-refractivity contribution is -0.140. The highest BCUT2D eigenvalue weighted by atomic mass is 35.5. The minimum atomic E-state index is -0.470. The van der Waals surface area contributed by atoms with Gasteiger partial charge in [0.05, 0.1) is 10.7 Å². The molecule has 0 bridgehead atoms. The standard InChI is InChI=1S/C32H27ClN2O3S/c1-4-35-30-14-10-23(20(2)34-38-21(3)36)16-27(30)28-17-24(11-15-31(28)35)32(37)26-13-12-25(18-29(26)33)39-19-22-8-6-5-7-9-22/h5-18H,4,19H2,1-3H3. The van der Waals surface area contributed by atoms with E-state index < -0.39 is 5.97 Å². The second kappa shape index (κ2) is 11.5. The van der Waals surface area contributed by atoms with Gasteiger partial charge in [0, 0.05) is 57.0 Å². The van der Waals surface area contributed by atoms with Crippen molar-refractivity contribution in [3.8, 4) is 0 Å². The first-order chi connectivity index (χ1) is 18.9. The number of aryl methyl sites for hydroxylation is 1. The molecule has 0 amide bonds. The molecule has 0 spiro atoms. The Balaban J connectivity index is 1.48. The third-order valence-electron chi connectivity index (χ3n) is 6.61. The van der Waals surface area contributed by atoms with E-state index in [0.717, 1.165) is 44.6 Å². The van der Waals surface area contributed by atoms with Crippen LogP contribution in [-0.4, -0.2) is 22.0 Å². The molecular formula is C32H27ClN2O3S. The summed E-state index contributed by atoms with van der Waals surface area (Å²) in [6, 6.07) is 27.7. The fourth-order valence-electron chi connectivity index (χ4n) is 4.66. The lowest BCUT2D eigenvalue weighted by atomic mass is 10.0. The molecule has 0 aliphatic rings. The molecule has 39 heavy (non-hydrogen) atoms. The first-order valence-corrected chi connectivity index (χ1v) is 14.0. The highest BCUT2D eigenvalue weighted by molar-refractivity contribution is 7.98. The molecule has 0 saturated carbocycles. The molecule has 0 aliphatic heterocycles. The largest absolute Gasteiger partial charge is 0.341 e. The van der Waals surface area contributed by atoms with Crippen molar-refractivity contribution in [3.63, 3.8) is 0 Å². The van der Waals surface area contributed by atoms with Gasteiger partial charge in [0.2, 0.25) is 0 Å². The minimum absolute atomic E-state index is 0.123. The number of benzene rings is 4. The number of thioether (sulfide) groups is 1. The Kier molecular flexibility index (Phi) is 7.87. The molecule has 5 aromatic rings. The second-order valence-electron chi connectivity index (χ2n) is 9.21. The molecule has 0 saturated heterocycles. The smallest absolute Gasteiger partial charge is 0.331 e. The van der Waals surface area contributed by atoms with E-state index in [4.69, 9.17) is 16.4 Å². The average molecular weight is 555 g/mol. The van der Waals surface area contributed by atoms with Gasteiger partial charge in [-0.25, -0.2) is 4.79 Å². The zero-order chi connectivity index (χ0) is 27.5. The molecule has 1 heterocycles. The van der Waals surface area contributed by atoms with Gasteiger partial charge in [-0.15, -0.1) is 11.8 Å². The van der Waals surface area contributed by atoms with Crippen LogP contribution in [0.15, 0.2) is 95.0 Å². The van der Waals surface area contributed by atoms with Crippen LogP contribution in [0.2, 0.25) is 5.02 Å². The highest BCUT2D eigenvalue weighted by Crippen LogP contribution is 2.33. The Morgan fingerprint density at radius 2 is 1.54 bits per heavy atom. The van der Waals surface area contributed by atoms with Gasteiger partial charge in [0.15, 0.2) is 5.78 Å². The zero-order valence-electron chi connectivity index (χ0n) is 21.9. The van der Waals surface area contributed by atoms with E-state index in [2.05, 4.69) is 28.8 Å². The molecule has 0 radical (unpaired) electrons. The Morgan fingerprint density at radius 3 is 2.18 bits per heavy atom. The third kappa shape index (κ3) is 5.63. The first kappa shape index (κ1) is 26.7. The number of halogens is 1. The summed E-state index contributed by atoms with van der Waals surface area (Å²) in [5, 5.41) is 6.33. The molecule has 196 valence electrons. The van der Waals surface area contributed by atoms with E-state index in [0.29, 0.717) is 21.9 Å². The van der Waals surface area contributed by atoms with Crippen molar-refractivity contribution in [1.29, 1.82) is 0 Å². The molecule has 5 rings (SSSR count). The molecular weight excluding hydrogens is 528 g/mol. The van der Waals surface area contributed by atoms with E-state index >= 15 is 0 Å². The summed E-state index contributed by atoms with van der Waals surface area (Å²) in [4.78, 5) is 30.6. The van der Waals surface area contributed by atoms with Gasteiger partial charge in [-0.05, 0) is 73.5 Å². The number of hydrogen-bond donors (Lipinski definition) is 0. The number of oxime groups is 1. The van der Waals surface area contributed by atoms with Gasteiger partial charge in [-0.3, -0.25) is 4.79 Å². The maximum Gasteiger partial charge on any atom is 0.331 e. The van der Waals surface area contributed by atoms with Crippen LogP contribution in [-0.2, 0) is 21.9 Å². The van der Waals surface area contributed by atoms with Gasteiger partial charge >= 0.3 is 5.97 Å². The molecule has 0 N–H and O–H groups in total. The molecule has 4 aromatic carbocycles. The van der Waals surface area contributed by atoms with Crippen LogP contribution in [0.3, 0.4) is 0 Å². The van der Waals surface area contributed by atoms with Crippen LogP contribution in [0.1, 0.15) is 47.8 Å². The van der Waals surface area contributed by atoms with Gasteiger partial charge < -0.3 is 9.40 Å². The Hall–Kier alpha value is -3.87. The van der Waals surface area contributed by atoms with Crippen LogP contribution in [0, 0.1) is 0 Å². The maximum atomic E-state index is 13.6. The minimum Gasteiger partial charge on any atom is -0.341 e. The summed E-state index contributed by atoms with van der Waals surface area (Å²) in [5.74, 6) is 0.237. The van der Waals surface area contributed by atoms with Crippen LogP contribution < -0.4 is 0 Å². The number of hydrogen-bond acceptors (Lipinski definition) is 5. The third-order valence-corrected chi connectivity index (χ3v) is 7.98. The molecule has 1 aromatic heterocycles. The number of carbonyl (C=O) groups is 2. The van der Waals surface area contributed by atoms with Crippen molar-refractivity contribution in [2.75, 3.05) is 0 Å². The van der Waals surface area contributed by atoms with Crippen molar-refractivity contribution in [1.82, 2.24) is 4.57 Å². The monoisotopic (exact) mass is 554 g/mol. The molecule has 0 atom stereocenters. The molecule has 5 nitrogen and oxygen atoms in total. The fraction of sp³-hybridized carbons (Fsp3) is 0.156. The maximum absolute atomic E-state index is 13.6. The molecule has 0 aliphatic carbocycles. The van der Waals surface area contributed by atoms with Crippen molar-refractivity contribution in [3.05, 3.63) is 112 Å². The van der Waals surface area contributed by atoms with Crippen molar-refractivity contribution < 1.29 is 14.4 Å². The highest BCUT2D eigenvalue weighted by Gasteiger charge is 2.17. The zero-order valence-corrected chi connectivity index (χ0v) is 23.5. The Morgan fingerprint density at radius 1 is 0.872 bits per heavy atom. The van der Waals surface area contributed by atoms with Crippen molar-refractivity contribution >= 4 is 62.6 Å². The summed E-state index contributed by atoms with van der Waals surface area (Å²) in [5.41, 5.74) is 5.79. The SMILES string of the molecule is CCn1c2ccc(C(=O)c3ccc(SCc4ccccc4)cc3Cl)cc2c2cc(C(C)=NOC(C)=O)ccc21. The van der Waals surface area contributed by atoms with Gasteiger partial charge in [-0.2, -0.15) is 0 Å². The van der Waals surface area contributed by atoms with Crippen LogP contribution >= 0.6 is 23.4 Å². The van der Waals surface area contributed by atoms with E-state index in [9.17, 15) is 9.59 Å². The lowest BCUT2D eigenvalue weighted by Gasteiger charge is -2.08. The Bertz CT molecular complexity index is 1740. The summed E-state index contributed by atoms with van der Waals surface area (Å²) in [7, 11) is 0. The summed E-state index contributed by atoms with van der Waals surface area (Å²) < 4.78 is 2.22. The quantitative estimate of drug-likeness (QED) is 0.0636. The van der Waals surface area contributed by atoms with Crippen LogP contribution in [0.4, 0.5) is 0 Å². The first-order valence-electron chi connectivity index (χ1n) is 12.6. The Labute approximate surface area is 236 Å². The van der Waals surface area contributed by atoms with Gasteiger partial charge in [0.1, 0.15) is 0 Å². The lowest BCUT2D eigenvalue weighted by Crippen LogP contribution is -2.02. The normalized spacial score (nSPS) is 11.7. The number of fused-ring (bicyclic) bond motifs is 3. The van der Waals surface area contributed by atoms with E-state index in [1.807, 2.05) is 72.8 Å². The summed E-state index contributed by atoms with van der Waals surface area (Å²) >= 11 is 8.30. The second-order valence-corrected chi connectivity index (χ2v) is 10.7. The van der Waals surface area contributed by atoms with Gasteiger partial charge in [-0.1, -0.05) is 53.2 Å². The van der Waals surface area contributed by atoms with Crippen molar-refractivity contribution in [2.24, 2.45) is 5.16 Å². The van der Waals surface area contributed by atoms with E-state index in [-0.39, 0.29) is 5.78 Å². The fourth-order valence-corrected chi connectivity index (χ4v) is 5.88.